The van der Waals surface area contributed by atoms with Gasteiger partial charge in [-0.15, -0.1) is 0 Å². The minimum absolute atomic E-state index is 0.386. The molecule has 0 amide bonds. The second-order valence-corrected chi connectivity index (χ2v) is 9.26. The smallest absolute Gasteiger partial charge is 0.172 e. The van der Waals surface area contributed by atoms with Crippen LogP contribution in [-0.2, 0) is 16.0 Å². The lowest BCUT2D eigenvalue weighted by atomic mass is 9.90. The van der Waals surface area contributed by atoms with Gasteiger partial charge in [-0.05, 0) is 49.6 Å². The molecule has 1 N–H and O–H groups in total. The number of fused-ring (bicyclic) bond motifs is 1. The number of hydrogen-bond donors (Lipinski definition) is 1. The molecule has 6 rings (SSSR count). The van der Waals surface area contributed by atoms with Crippen molar-refractivity contribution in [2.24, 2.45) is 0 Å². The molecule has 1 spiro atoms. The van der Waals surface area contributed by atoms with E-state index in [4.69, 9.17) is 14.5 Å². The lowest BCUT2D eigenvalue weighted by molar-refractivity contribution is -0.159. The Morgan fingerprint density at radius 3 is 2.62 bits per heavy atom. The first kappa shape index (κ1) is 23.3. The normalized spacial score (nSPS) is 20.4. The van der Waals surface area contributed by atoms with E-state index in [-0.39, 0.29) is 5.79 Å². The van der Waals surface area contributed by atoms with E-state index in [2.05, 4.69) is 44.2 Å². The van der Waals surface area contributed by atoms with E-state index < -0.39 is 0 Å². The highest BCUT2D eigenvalue weighted by Gasteiger charge is 2.37. The molecule has 0 aromatic carbocycles. The van der Waals surface area contributed by atoms with E-state index >= 15 is 0 Å². The van der Waals surface area contributed by atoms with Crippen molar-refractivity contribution in [1.29, 1.82) is 0 Å². The molecule has 3 aromatic rings. The van der Waals surface area contributed by atoms with Crippen LogP contribution in [0.3, 0.4) is 0 Å². The van der Waals surface area contributed by atoms with E-state index in [1.165, 1.54) is 43.5 Å². The summed E-state index contributed by atoms with van der Waals surface area (Å²) in [5.41, 5.74) is 5.73. The van der Waals surface area contributed by atoms with Gasteiger partial charge in [0.2, 0.25) is 0 Å². The molecule has 1 aliphatic carbocycles. The Morgan fingerprint density at radius 1 is 1.03 bits per heavy atom. The standard InChI is InChI=1S/C25H31N5O2.C2H6/c1-2-8-29(9-3-1)10-11-30-18-21(16-28-30)23-17-27-24-22(23)14-20(15-26-24)19-4-6-25(7-5-19)31-12-13-32-25;1-2/h4,14-18H,1-3,5-13H2,(H,26,27);1-2H3. The zero-order chi connectivity index (χ0) is 23.4. The molecule has 182 valence electrons. The van der Waals surface area contributed by atoms with Crippen molar-refractivity contribution < 1.29 is 9.47 Å². The maximum Gasteiger partial charge on any atom is 0.172 e. The van der Waals surface area contributed by atoms with Crippen molar-refractivity contribution in [3.8, 4) is 11.1 Å². The first-order valence-corrected chi connectivity index (χ1v) is 13.0. The van der Waals surface area contributed by atoms with Crippen molar-refractivity contribution in [3.63, 3.8) is 0 Å². The molecule has 34 heavy (non-hydrogen) atoms. The summed E-state index contributed by atoms with van der Waals surface area (Å²) in [5, 5.41) is 5.78. The second kappa shape index (κ2) is 10.4. The minimum atomic E-state index is -0.386. The minimum Gasteiger partial charge on any atom is -0.347 e. The maximum atomic E-state index is 5.86. The molecule has 0 bridgehead atoms. The van der Waals surface area contributed by atoms with Gasteiger partial charge in [-0.1, -0.05) is 26.3 Å². The Balaban J connectivity index is 0.00000117. The van der Waals surface area contributed by atoms with Crippen LogP contribution in [0.5, 0.6) is 0 Å². The van der Waals surface area contributed by atoms with Crippen LogP contribution in [-0.4, -0.2) is 63.3 Å². The lowest BCUT2D eigenvalue weighted by Crippen LogP contribution is -2.32. The van der Waals surface area contributed by atoms with E-state index in [0.717, 1.165) is 54.5 Å². The number of rotatable bonds is 5. The summed E-state index contributed by atoms with van der Waals surface area (Å²) in [5.74, 6) is -0.386. The van der Waals surface area contributed by atoms with Crippen LogP contribution in [0.2, 0.25) is 0 Å². The van der Waals surface area contributed by atoms with Crippen LogP contribution in [0, 0.1) is 0 Å². The number of allylic oxidation sites excluding steroid dienone is 1. The van der Waals surface area contributed by atoms with Gasteiger partial charge >= 0.3 is 0 Å². The first-order valence-electron chi connectivity index (χ1n) is 13.0. The molecule has 7 nitrogen and oxygen atoms in total. The van der Waals surface area contributed by atoms with E-state index in [0.29, 0.717) is 13.2 Å². The van der Waals surface area contributed by atoms with Gasteiger partial charge in [0.25, 0.3) is 0 Å². The van der Waals surface area contributed by atoms with E-state index in [9.17, 15) is 0 Å². The SMILES string of the molecule is C1=C(c2cnc3[nH]cc(-c4cnn(CCN5CCCCC5)c4)c3c2)CCC2(C1)OCCO2.CC. The molecule has 2 saturated heterocycles. The third kappa shape index (κ3) is 4.83. The Bertz CT molecular complexity index is 1120. The van der Waals surface area contributed by atoms with Gasteiger partial charge in [-0.3, -0.25) is 4.68 Å². The van der Waals surface area contributed by atoms with Crippen molar-refractivity contribution in [1.82, 2.24) is 24.6 Å². The topological polar surface area (TPSA) is 68.2 Å². The second-order valence-electron chi connectivity index (χ2n) is 9.26. The number of nitrogens with one attached hydrogen (secondary N) is 1. The number of nitrogens with zero attached hydrogens (tertiary/aromatic N) is 4. The summed E-state index contributed by atoms with van der Waals surface area (Å²) in [6.45, 7) is 9.86. The summed E-state index contributed by atoms with van der Waals surface area (Å²) in [4.78, 5) is 10.6. The highest BCUT2D eigenvalue weighted by molar-refractivity contribution is 5.95. The average Bonchev–Trinajstić information content (AvgIpc) is 3.65. The predicted octanol–water partition coefficient (Wildman–Crippen LogP) is 5.25. The molecule has 0 unspecified atom stereocenters. The maximum absolute atomic E-state index is 5.86. The fourth-order valence-electron chi connectivity index (χ4n) is 5.30. The zero-order valence-corrected chi connectivity index (χ0v) is 20.6. The summed E-state index contributed by atoms with van der Waals surface area (Å²) < 4.78 is 13.8. The van der Waals surface area contributed by atoms with Crippen LogP contribution in [0.1, 0.15) is 57.9 Å². The highest BCUT2D eigenvalue weighted by Crippen LogP contribution is 2.39. The fraction of sp³-hybridized carbons (Fsp3) is 0.556. The molecule has 0 radical (unpaired) electrons. The summed E-state index contributed by atoms with van der Waals surface area (Å²) in [7, 11) is 0. The van der Waals surface area contributed by atoms with Crippen LogP contribution in [0.25, 0.3) is 27.7 Å². The van der Waals surface area contributed by atoms with Crippen molar-refractivity contribution in [2.75, 3.05) is 32.8 Å². The van der Waals surface area contributed by atoms with Crippen LogP contribution >= 0.6 is 0 Å². The summed E-state index contributed by atoms with van der Waals surface area (Å²) >= 11 is 0. The first-order chi connectivity index (χ1) is 16.8. The highest BCUT2D eigenvalue weighted by atomic mass is 16.7. The van der Waals surface area contributed by atoms with Gasteiger partial charge in [0.1, 0.15) is 5.65 Å². The van der Waals surface area contributed by atoms with Gasteiger partial charge in [-0.25, -0.2) is 4.98 Å². The Hall–Kier alpha value is -2.48. The van der Waals surface area contributed by atoms with E-state index in [1.54, 1.807) is 0 Å². The molecular formula is C27H37N5O2. The number of hydrogen-bond acceptors (Lipinski definition) is 5. The molecule has 0 saturated carbocycles. The van der Waals surface area contributed by atoms with Crippen molar-refractivity contribution in [3.05, 3.63) is 42.5 Å². The molecule has 5 heterocycles. The summed E-state index contributed by atoms with van der Waals surface area (Å²) in [6.07, 6.45) is 17.1. The number of piperidine rings is 1. The number of pyridine rings is 1. The molecule has 7 heteroatoms. The van der Waals surface area contributed by atoms with E-state index in [1.807, 2.05) is 26.2 Å². The van der Waals surface area contributed by atoms with Gasteiger partial charge in [-0.2, -0.15) is 5.10 Å². The van der Waals surface area contributed by atoms with Gasteiger partial charge < -0.3 is 19.4 Å². The molecular weight excluding hydrogens is 426 g/mol. The monoisotopic (exact) mass is 463 g/mol. The number of aromatic amines is 1. The number of aromatic nitrogens is 4. The largest absolute Gasteiger partial charge is 0.347 e. The molecule has 2 fully saturated rings. The van der Waals surface area contributed by atoms with Crippen LogP contribution in [0.4, 0.5) is 0 Å². The van der Waals surface area contributed by atoms with Crippen molar-refractivity contribution in [2.45, 2.75) is 64.7 Å². The molecule has 3 aliphatic rings. The van der Waals surface area contributed by atoms with Gasteiger partial charge in [0.15, 0.2) is 5.79 Å². The zero-order valence-electron chi connectivity index (χ0n) is 20.6. The van der Waals surface area contributed by atoms with Gasteiger partial charge in [0.05, 0.1) is 26.0 Å². The van der Waals surface area contributed by atoms with Gasteiger partial charge in [0, 0.05) is 54.5 Å². The Kier molecular flexibility index (Phi) is 7.13. The molecule has 0 atom stereocenters. The van der Waals surface area contributed by atoms with Crippen LogP contribution < -0.4 is 0 Å². The summed E-state index contributed by atoms with van der Waals surface area (Å²) in [6, 6.07) is 2.26. The number of H-pyrrole nitrogens is 1. The fourth-order valence-corrected chi connectivity index (χ4v) is 5.30. The molecule has 3 aromatic heterocycles. The third-order valence-corrected chi connectivity index (χ3v) is 7.19. The number of ether oxygens (including phenoxy) is 2. The average molecular weight is 464 g/mol. The lowest BCUT2D eigenvalue weighted by Gasteiger charge is -2.30. The Labute approximate surface area is 202 Å². The quantitative estimate of drug-likeness (QED) is 0.560. The predicted molar refractivity (Wildman–Crippen MR) is 135 cm³/mol. The van der Waals surface area contributed by atoms with Crippen molar-refractivity contribution >= 4 is 16.6 Å². The third-order valence-electron chi connectivity index (χ3n) is 7.19. The molecule has 2 aliphatic heterocycles. The van der Waals surface area contributed by atoms with Crippen LogP contribution in [0.15, 0.2) is 36.9 Å². The number of likely N-dealkylation sites (tertiary alicyclic amines) is 1. The Morgan fingerprint density at radius 2 is 1.85 bits per heavy atom.